The van der Waals surface area contributed by atoms with E-state index in [1.54, 1.807) is 0 Å². The van der Waals surface area contributed by atoms with Gasteiger partial charge in [-0.1, -0.05) is 6.42 Å². The summed E-state index contributed by atoms with van der Waals surface area (Å²) in [5.74, 6) is 0. The van der Waals surface area contributed by atoms with Gasteiger partial charge < -0.3 is 13.3 Å². The molecule has 0 spiro atoms. The van der Waals surface area contributed by atoms with Crippen molar-refractivity contribution in [1.82, 2.24) is 4.90 Å². The molecule has 17 heavy (non-hydrogen) atoms. The van der Waals surface area contributed by atoms with Gasteiger partial charge in [-0.3, -0.25) is 4.90 Å². The molecule has 102 valence electrons. The molecule has 1 rings (SSSR count). The number of hydrogen-bond acceptors (Lipinski definition) is 4. The van der Waals surface area contributed by atoms with Crippen molar-refractivity contribution in [3.05, 3.63) is 0 Å². The van der Waals surface area contributed by atoms with Crippen LogP contribution in [0.2, 0.25) is 0 Å². The van der Waals surface area contributed by atoms with Gasteiger partial charge in [0.05, 0.1) is 6.17 Å². The van der Waals surface area contributed by atoms with Crippen LogP contribution in [0.15, 0.2) is 0 Å². The van der Waals surface area contributed by atoms with Crippen molar-refractivity contribution in [3.63, 3.8) is 0 Å². The van der Waals surface area contributed by atoms with Gasteiger partial charge in [0.15, 0.2) is 0 Å². The zero-order valence-electron chi connectivity index (χ0n) is 11.5. The first kappa shape index (κ1) is 15.1. The van der Waals surface area contributed by atoms with Gasteiger partial charge in [0, 0.05) is 19.8 Å². The molecular weight excluding hydrogens is 234 g/mol. The number of hydrogen-bond donors (Lipinski definition) is 0. The molecule has 0 amide bonds. The predicted octanol–water partition coefficient (Wildman–Crippen LogP) is 2.06. The lowest BCUT2D eigenvalue weighted by Crippen LogP contribution is -2.56. The Labute approximate surface area is 107 Å². The normalized spacial score (nSPS) is 18.5. The van der Waals surface area contributed by atoms with Crippen LogP contribution in [0, 0.1) is 0 Å². The van der Waals surface area contributed by atoms with Crippen LogP contribution in [-0.2, 0) is 13.3 Å². The molecule has 0 unspecified atom stereocenters. The SMILES string of the molecule is CCO[Si](CN1CCCCC1)(OCC)OCC. The van der Waals surface area contributed by atoms with E-state index in [-0.39, 0.29) is 0 Å². The standard InChI is InChI=1S/C12H27NO3Si/c1-4-14-17(15-5-2,16-6-3)12-13-10-8-7-9-11-13/h4-12H2,1-3H3. The monoisotopic (exact) mass is 261 g/mol. The molecule has 4 nitrogen and oxygen atoms in total. The molecule has 0 aromatic rings. The molecule has 0 aromatic heterocycles. The quantitative estimate of drug-likeness (QED) is 0.626. The lowest BCUT2D eigenvalue weighted by Gasteiger charge is -2.35. The van der Waals surface area contributed by atoms with Crippen LogP contribution in [0.25, 0.3) is 0 Å². The number of rotatable bonds is 8. The van der Waals surface area contributed by atoms with Crippen LogP contribution in [0.4, 0.5) is 0 Å². The van der Waals surface area contributed by atoms with Crippen molar-refractivity contribution in [2.45, 2.75) is 40.0 Å². The van der Waals surface area contributed by atoms with E-state index in [1.807, 2.05) is 20.8 Å². The highest BCUT2D eigenvalue weighted by molar-refractivity contribution is 6.60. The van der Waals surface area contributed by atoms with Gasteiger partial charge in [-0.15, -0.1) is 0 Å². The molecule has 0 atom stereocenters. The third-order valence-corrected chi connectivity index (χ3v) is 5.98. The summed E-state index contributed by atoms with van der Waals surface area (Å²) in [6.45, 7) is 10.3. The average molecular weight is 261 g/mol. The van der Waals surface area contributed by atoms with Gasteiger partial charge >= 0.3 is 8.80 Å². The highest BCUT2D eigenvalue weighted by Gasteiger charge is 2.42. The first-order chi connectivity index (χ1) is 8.26. The van der Waals surface area contributed by atoms with E-state index in [0.29, 0.717) is 19.8 Å². The highest BCUT2D eigenvalue weighted by atomic mass is 28.4. The van der Waals surface area contributed by atoms with Crippen LogP contribution in [0.3, 0.4) is 0 Å². The second-order valence-corrected chi connectivity index (χ2v) is 6.87. The Morgan fingerprint density at radius 3 is 1.71 bits per heavy atom. The fraction of sp³-hybridized carbons (Fsp3) is 1.00. The zero-order chi connectivity index (χ0) is 12.6. The number of likely N-dealkylation sites (tertiary alicyclic amines) is 1. The maximum Gasteiger partial charge on any atom is 0.515 e. The predicted molar refractivity (Wildman–Crippen MR) is 70.9 cm³/mol. The Morgan fingerprint density at radius 2 is 1.29 bits per heavy atom. The molecule has 1 aliphatic rings. The molecule has 1 aliphatic heterocycles. The fourth-order valence-electron chi connectivity index (χ4n) is 2.31. The molecule has 5 heteroatoms. The minimum Gasteiger partial charge on any atom is -0.373 e. The Hall–Kier alpha value is 0.0569. The highest BCUT2D eigenvalue weighted by Crippen LogP contribution is 2.16. The second kappa shape index (κ2) is 8.21. The minimum absolute atomic E-state index is 0.667. The van der Waals surface area contributed by atoms with E-state index in [2.05, 4.69) is 4.90 Å². The molecule has 0 saturated carbocycles. The van der Waals surface area contributed by atoms with Gasteiger partial charge in [-0.05, 0) is 46.7 Å². The summed E-state index contributed by atoms with van der Waals surface area (Å²) in [5.41, 5.74) is 0. The van der Waals surface area contributed by atoms with Gasteiger partial charge in [0.25, 0.3) is 0 Å². The van der Waals surface area contributed by atoms with Gasteiger partial charge in [0.1, 0.15) is 0 Å². The first-order valence-electron chi connectivity index (χ1n) is 6.90. The Bertz CT molecular complexity index is 181. The van der Waals surface area contributed by atoms with Crippen LogP contribution in [-0.4, -0.2) is 52.8 Å². The van der Waals surface area contributed by atoms with Gasteiger partial charge in [0.2, 0.25) is 0 Å². The van der Waals surface area contributed by atoms with Gasteiger partial charge in [-0.25, -0.2) is 0 Å². The molecule has 1 saturated heterocycles. The van der Waals surface area contributed by atoms with Crippen LogP contribution < -0.4 is 0 Å². The largest absolute Gasteiger partial charge is 0.515 e. The Morgan fingerprint density at radius 1 is 0.824 bits per heavy atom. The average Bonchev–Trinajstić information content (AvgIpc) is 2.31. The lowest BCUT2D eigenvalue weighted by molar-refractivity contribution is 0.0541. The van der Waals surface area contributed by atoms with Crippen molar-refractivity contribution < 1.29 is 13.3 Å². The molecule has 0 aromatic carbocycles. The molecular formula is C12H27NO3Si. The smallest absolute Gasteiger partial charge is 0.373 e. The van der Waals surface area contributed by atoms with Crippen molar-refractivity contribution in [2.24, 2.45) is 0 Å². The molecule has 0 radical (unpaired) electrons. The second-order valence-electron chi connectivity index (χ2n) is 4.32. The summed E-state index contributed by atoms with van der Waals surface area (Å²) in [5, 5.41) is 0. The van der Waals surface area contributed by atoms with Crippen molar-refractivity contribution >= 4 is 8.80 Å². The van der Waals surface area contributed by atoms with Crippen molar-refractivity contribution in [3.8, 4) is 0 Å². The van der Waals surface area contributed by atoms with Gasteiger partial charge in [-0.2, -0.15) is 0 Å². The van der Waals surface area contributed by atoms with Crippen molar-refractivity contribution in [2.75, 3.05) is 39.1 Å². The summed E-state index contributed by atoms with van der Waals surface area (Å²) in [6.07, 6.45) is 4.77. The Balaban J connectivity index is 2.57. The van der Waals surface area contributed by atoms with E-state index in [9.17, 15) is 0 Å². The molecule has 0 bridgehead atoms. The van der Waals surface area contributed by atoms with E-state index >= 15 is 0 Å². The van der Waals surface area contributed by atoms with Crippen LogP contribution >= 0.6 is 0 Å². The van der Waals surface area contributed by atoms with E-state index < -0.39 is 8.80 Å². The summed E-state index contributed by atoms with van der Waals surface area (Å²) in [7, 11) is -2.46. The first-order valence-corrected chi connectivity index (χ1v) is 8.83. The number of piperidine rings is 1. The molecule has 1 heterocycles. The summed E-state index contributed by atoms with van der Waals surface area (Å²) < 4.78 is 17.6. The lowest BCUT2D eigenvalue weighted by atomic mass is 10.1. The Kier molecular flexibility index (Phi) is 7.30. The van der Waals surface area contributed by atoms with E-state index in [1.165, 1.54) is 19.3 Å². The molecule has 1 fully saturated rings. The van der Waals surface area contributed by atoms with E-state index in [0.717, 1.165) is 19.3 Å². The van der Waals surface area contributed by atoms with E-state index in [4.69, 9.17) is 13.3 Å². The fourth-order valence-corrected chi connectivity index (χ4v) is 5.02. The summed E-state index contributed by atoms with van der Waals surface area (Å²) in [4.78, 5) is 2.44. The van der Waals surface area contributed by atoms with Crippen LogP contribution in [0.5, 0.6) is 0 Å². The maximum absolute atomic E-state index is 5.87. The van der Waals surface area contributed by atoms with Crippen LogP contribution in [0.1, 0.15) is 40.0 Å². The molecule has 0 aliphatic carbocycles. The van der Waals surface area contributed by atoms with Crippen molar-refractivity contribution in [1.29, 1.82) is 0 Å². The number of nitrogens with zero attached hydrogens (tertiary/aromatic N) is 1. The topological polar surface area (TPSA) is 30.9 Å². The summed E-state index contributed by atoms with van der Waals surface area (Å²) in [6, 6.07) is 0. The third kappa shape index (κ3) is 5.05. The third-order valence-electron chi connectivity index (χ3n) is 2.96. The maximum atomic E-state index is 5.87. The molecule has 0 N–H and O–H groups in total. The summed E-state index contributed by atoms with van der Waals surface area (Å²) >= 11 is 0. The minimum atomic E-state index is -2.46. The zero-order valence-corrected chi connectivity index (χ0v) is 12.5.